The van der Waals surface area contributed by atoms with Gasteiger partial charge in [0.2, 0.25) is 0 Å². The minimum Gasteiger partial charge on any atom is -0.369 e. The van der Waals surface area contributed by atoms with Crippen molar-refractivity contribution in [2.75, 3.05) is 12.4 Å². The first kappa shape index (κ1) is 24.8. The second kappa shape index (κ2) is 11.0. The lowest BCUT2D eigenvalue weighted by molar-refractivity contribution is -0.131. The van der Waals surface area contributed by atoms with Gasteiger partial charge in [-0.15, -0.1) is 0 Å². The fraction of sp³-hybridized carbons (Fsp3) is 0.654. The Morgan fingerprint density at radius 1 is 1.15 bits per heavy atom. The molecule has 3 amide bonds. The van der Waals surface area contributed by atoms with E-state index in [1.165, 1.54) is 37.0 Å². The van der Waals surface area contributed by atoms with Crippen LogP contribution in [0.25, 0.3) is 0 Å². The number of hydrogen-bond donors (Lipinski definition) is 3. The van der Waals surface area contributed by atoms with E-state index in [1.54, 1.807) is 19.2 Å². The Kier molecular flexibility index (Phi) is 8.02. The first-order valence-electron chi connectivity index (χ1n) is 12.8. The van der Waals surface area contributed by atoms with Gasteiger partial charge in [0.15, 0.2) is 5.96 Å². The van der Waals surface area contributed by atoms with Gasteiger partial charge in [-0.3, -0.25) is 9.69 Å². The van der Waals surface area contributed by atoms with Crippen LogP contribution in [0.3, 0.4) is 0 Å². The van der Waals surface area contributed by atoms with E-state index in [2.05, 4.69) is 10.6 Å². The normalized spacial score (nSPS) is 28.0. The minimum absolute atomic E-state index is 0.0346. The van der Waals surface area contributed by atoms with Gasteiger partial charge in [0.1, 0.15) is 5.54 Å². The lowest BCUT2D eigenvalue weighted by Crippen LogP contribution is -2.45. The number of carbonyl (C=O) groups excluding carboxylic acids is 2. The highest BCUT2D eigenvalue weighted by molar-refractivity contribution is 6.33. The molecular weight excluding hydrogens is 450 g/mol. The lowest BCUT2D eigenvalue weighted by Gasteiger charge is -2.35. The standard InChI is InChI=1S/C26H38ClN5O2/c1-32-23(33)26(31-24(32)28,15-14-18-8-3-2-4-9-18)17-19-10-7-11-20(16-19)29-25(34)30-22-13-6-5-12-21(22)27/h5-6,12-13,18-20H,2-4,7-11,14-17H2,1H3,(H2,28,31)(H2,29,30,34)/t19-,20?,26+/m0/s1. The molecule has 3 aliphatic rings. The number of benzene rings is 1. The van der Waals surface area contributed by atoms with E-state index in [-0.39, 0.29) is 18.0 Å². The number of halogens is 1. The van der Waals surface area contributed by atoms with E-state index in [0.717, 1.165) is 38.5 Å². The SMILES string of the molecule is CN1C(=O)[C@@](CCC2CCCCC2)(C[C@H]2CCCC(NC(=O)Nc3ccccc3Cl)C2)N=C1N. The number of nitrogens with two attached hydrogens (primary N) is 1. The average Bonchev–Trinajstić information content (AvgIpc) is 3.04. The maximum absolute atomic E-state index is 13.3. The van der Waals surface area contributed by atoms with Crippen LogP contribution < -0.4 is 16.4 Å². The van der Waals surface area contributed by atoms with Crippen molar-refractivity contribution in [1.82, 2.24) is 10.2 Å². The summed E-state index contributed by atoms with van der Waals surface area (Å²) in [5, 5.41) is 6.47. The van der Waals surface area contributed by atoms with Crippen LogP contribution in [0, 0.1) is 11.8 Å². The molecule has 1 aliphatic heterocycles. The Morgan fingerprint density at radius 2 is 1.88 bits per heavy atom. The Hall–Kier alpha value is -2.28. The predicted molar refractivity (Wildman–Crippen MR) is 137 cm³/mol. The van der Waals surface area contributed by atoms with Gasteiger partial charge in [0.25, 0.3) is 5.91 Å². The van der Waals surface area contributed by atoms with E-state index < -0.39 is 5.54 Å². The molecule has 0 aromatic heterocycles. The Labute approximate surface area is 207 Å². The Morgan fingerprint density at radius 3 is 2.59 bits per heavy atom. The molecule has 1 aromatic rings. The second-order valence-electron chi connectivity index (χ2n) is 10.4. The molecule has 0 radical (unpaired) electrons. The summed E-state index contributed by atoms with van der Waals surface area (Å²) in [6.07, 6.45) is 12.8. The number of likely N-dealkylation sites (N-methyl/N-ethyl adjacent to an activating group) is 1. The first-order chi connectivity index (χ1) is 16.4. The average molecular weight is 488 g/mol. The fourth-order valence-corrected chi connectivity index (χ4v) is 6.25. The molecule has 2 fully saturated rings. The number of nitrogens with one attached hydrogen (secondary N) is 2. The van der Waals surface area contributed by atoms with Crippen LogP contribution in [-0.4, -0.2) is 41.4 Å². The third-order valence-electron chi connectivity index (χ3n) is 7.93. The molecule has 0 saturated heterocycles. The smallest absolute Gasteiger partial charge is 0.319 e. The number of urea groups is 1. The molecule has 4 rings (SSSR count). The summed E-state index contributed by atoms with van der Waals surface area (Å²) in [7, 11) is 1.73. The van der Waals surface area contributed by atoms with Crippen molar-refractivity contribution in [3.8, 4) is 0 Å². The van der Waals surface area contributed by atoms with Crippen molar-refractivity contribution >= 4 is 35.2 Å². The third-order valence-corrected chi connectivity index (χ3v) is 8.26. The van der Waals surface area contributed by atoms with Crippen LogP contribution in [0.5, 0.6) is 0 Å². The van der Waals surface area contributed by atoms with Gasteiger partial charge in [-0.2, -0.15) is 0 Å². The largest absolute Gasteiger partial charge is 0.369 e. The molecule has 186 valence electrons. The third kappa shape index (κ3) is 5.85. The second-order valence-corrected chi connectivity index (χ2v) is 10.8. The van der Waals surface area contributed by atoms with Crippen LogP contribution in [0.2, 0.25) is 5.02 Å². The monoisotopic (exact) mass is 487 g/mol. The molecule has 4 N–H and O–H groups in total. The Balaban J connectivity index is 1.37. The zero-order valence-electron chi connectivity index (χ0n) is 20.2. The highest BCUT2D eigenvalue weighted by Crippen LogP contribution is 2.40. The van der Waals surface area contributed by atoms with Gasteiger partial charge in [0, 0.05) is 13.1 Å². The molecule has 0 spiro atoms. The number of para-hydroxylation sites is 1. The molecule has 2 aliphatic carbocycles. The number of rotatable bonds is 7. The summed E-state index contributed by atoms with van der Waals surface area (Å²) in [5.74, 6) is 1.37. The van der Waals surface area contributed by atoms with E-state index in [0.29, 0.717) is 34.9 Å². The molecule has 1 unspecified atom stereocenters. The number of aliphatic imine (C=N–C) groups is 1. The van der Waals surface area contributed by atoms with Crippen LogP contribution in [0.4, 0.5) is 10.5 Å². The van der Waals surface area contributed by atoms with Gasteiger partial charge in [-0.05, 0) is 56.1 Å². The molecule has 0 bridgehead atoms. The number of carbonyl (C=O) groups is 2. The number of hydrogen-bond acceptors (Lipinski definition) is 4. The molecule has 1 heterocycles. The summed E-state index contributed by atoms with van der Waals surface area (Å²) in [5.41, 5.74) is 5.97. The fourth-order valence-electron chi connectivity index (χ4n) is 6.07. The molecule has 2 saturated carbocycles. The van der Waals surface area contributed by atoms with Crippen LogP contribution in [0.15, 0.2) is 29.3 Å². The molecule has 3 atom stereocenters. The molecule has 34 heavy (non-hydrogen) atoms. The zero-order chi connectivity index (χ0) is 24.1. The van der Waals surface area contributed by atoms with Gasteiger partial charge in [0.05, 0.1) is 10.7 Å². The maximum Gasteiger partial charge on any atom is 0.319 e. The van der Waals surface area contributed by atoms with Gasteiger partial charge >= 0.3 is 6.03 Å². The van der Waals surface area contributed by atoms with Crippen molar-refractivity contribution in [2.24, 2.45) is 22.6 Å². The summed E-state index contributed by atoms with van der Waals surface area (Å²) in [6.45, 7) is 0. The molecule has 8 heteroatoms. The number of guanidine groups is 1. The highest BCUT2D eigenvalue weighted by Gasteiger charge is 2.48. The molecular formula is C26H38ClN5O2. The predicted octanol–water partition coefficient (Wildman–Crippen LogP) is 5.30. The first-order valence-corrected chi connectivity index (χ1v) is 13.2. The van der Waals surface area contributed by atoms with Gasteiger partial charge < -0.3 is 16.4 Å². The van der Waals surface area contributed by atoms with Crippen molar-refractivity contribution in [3.63, 3.8) is 0 Å². The number of nitrogens with zero attached hydrogens (tertiary/aromatic N) is 2. The van der Waals surface area contributed by atoms with Crippen molar-refractivity contribution < 1.29 is 9.59 Å². The number of amides is 3. The topological polar surface area (TPSA) is 99.8 Å². The van der Waals surface area contributed by atoms with Crippen molar-refractivity contribution in [2.45, 2.75) is 88.6 Å². The van der Waals surface area contributed by atoms with Crippen molar-refractivity contribution in [3.05, 3.63) is 29.3 Å². The maximum atomic E-state index is 13.3. The zero-order valence-corrected chi connectivity index (χ0v) is 20.9. The number of anilines is 1. The molecule has 1 aromatic carbocycles. The van der Waals surface area contributed by atoms with Crippen molar-refractivity contribution in [1.29, 1.82) is 0 Å². The van der Waals surface area contributed by atoms with Crippen LogP contribution in [-0.2, 0) is 4.79 Å². The Bertz CT molecular complexity index is 916. The lowest BCUT2D eigenvalue weighted by atomic mass is 9.74. The van der Waals surface area contributed by atoms with E-state index in [4.69, 9.17) is 22.3 Å². The summed E-state index contributed by atoms with van der Waals surface area (Å²) < 4.78 is 0. The summed E-state index contributed by atoms with van der Waals surface area (Å²) in [6, 6.07) is 7.02. The van der Waals surface area contributed by atoms with E-state index in [9.17, 15) is 9.59 Å². The summed E-state index contributed by atoms with van der Waals surface area (Å²) >= 11 is 6.17. The van der Waals surface area contributed by atoms with E-state index in [1.807, 2.05) is 12.1 Å². The van der Waals surface area contributed by atoms with E-state index >= 15 is 0 Å². The van der Waals surface area contributed by atoms with Crippen LogP contribution >= 0.6 is 11.6 Å². The van der Waals surface area contributed by atoms with Gasteiger partial charge in [-0.25, -0.2) is 9.79 Å². The van der Waals surface area contributed by atoms with Gasteiger partial charge in [-0.1, -0.05) is 68.7 Å². The minimum atomic E-state index is -0.747. The summed E-state index contributed by atoms with van der Waals surface area (Å²) in [4.78, 5) is 32.2. The van der Waals surface area contributed by atoms with Crippen LogP contribution in [0.1, 0.15) is 77.0 Å². The highest BCUT2D eigenvalue weighted by atomic mass is 35.5. The quantitative estimate of drug-likeness (QED) is 0.486. The molecule has 7 nitrogen and oxygen atoms in total.